The summed E-state index contributed by atoms with van der Waals surface area (Å²) in [5, 5.41) is 0. The molecule has 1 rings (SSSR count). The van der Waals surface area contributed by atoms with Crippen molar-refractivity contribution in [1.29, 1.82) is 0 Å². The molecule has 1 unspecified atom stereocenters. The molecule has 0 spiro atoms. The largest absolute Gasteiger partial charge is 0.297 e. The summed E-state index contributed by atoms with van der Waals surface area (Å²) in [7, 11) is 0. The average Bonchev–Trinajstić information content (AvgIpc) is 2.05. The third kappa shape index (κ3) is 1.56. The van der Waals surface area contributed by atoms with Crippen molar-refractivity contribution < 1.29 is 4.84 Å². The van der Waals surface area contributed by atoms with Crippen LogP contribution in [0, 0.1) is 0 Å². The predicted octanol–water partition coefficient (Wildman–Crippen LogP) is 1.64. The Morgan fingerprint density at radius 1 is 1.30 bits per heavy atom. The Bertz CT molecular complexity index is 186. The van der Waals surface area contributed by atoms with Gasteiger partial charge in [-0.25, -0.2) is 5.90 Å². The average molecular weight is 137 g/mol. The van der Waals surface area contributed by atoms with Crippen LogP contribution in [0.1, 0.15) is 18.6 Å². The first-order valence-electron chi connectivity index (χ1n) is 3.25. The zero-order chi connectivity index (χ0) is 7.40. The maximum atomic E-state index is 5.00. The first-order chi connectivity index (χ1) is 4.84. The Kier molecular flexibility index (Phi) is 2.42. The van der Waals surface area contributed by atoms with Crippen molar-refractivity contribution in [2.24, 2.45) is 5.90 Å². The number of rotatable bonds is 2. The molecule has 0 saturated heterocycles. The molecule has 0 amide bonds. The fraction of sp³-hybridized carbons (Fsp3) is 0.250. The highest BCUT2D eigenvalue weighted by Gasteiger charge is 2.00. The van der Waals surface area contributed by atoms with Crippen molar-refractivity contribution in [2.75, 3.05) is 0 Å². The smallest absolute Gasteiger partial charge is 0.101 e. The maximum absolute atomic E-state index is 5.00. The lowest BCUT2D eigenvalue weighted by molar-refractivity contribution is 0.0664. The topological polar surface area (TPSA) is 35.2 Å². The molecule has 0 aliphatic carbocycles. The van der Waals surface area contributed by atoms with Crippen molar-refractivity contribution >= 4 is 0 Å². The fourth-order valence-electron chi connectivity index (χ4n) is 0.803. The van der Waals surface area contributed by atoms with E-state index < -0.39 is 0 Å². The van der Waals surface area contributed by atoms with Crippen LogP contribution in [0.25, 0.3) is 0 Å². The molecular formula is C8H11NO. The van der Waals surface area contributed by atoms with Gasteiger partial charge >= 0.3 is 0 Å². The first kappa shape index (κ1) is 7.25. The summed E-state index contributed by atoms with van der Waals surface area (Å²) in [6, 6.07) is 9.86. The van der Waals surface area contributed by atoms with Crippen LogP contribution in [0.2, 0.25) is 0 Å². The number of hydrogen-bond donors (Lipinski definition) is 1. The normalized spacial score (nSPS) is 13.0. The highest BCUT2D eigenvalue weighted by molar-refractivity contribution is 5.16. The summed E-state index contributed by atoms with van der Waals surface area (Å²) in [4.78, 5) is 4.64. The quantitative estimate of drug-likeness (QED) is 0.629. The molecule has 10 heavy (non-hydrogen) atoms. The third-order valence-corrected chi connectivity index (χ3v) is 1.47. The minimum absolute atomic E-state index is 0.0128. The Morgan fingerprint density at radius 3 is 2.40 bits per heavy atom. The molecule has 2 N–H and O–H groups in total. The van der Waals surface area contributed by atoms with E-state index in [9.17, 15) is 0 Å². The number of hydrogen-bond acceptors (Lipinski definition) is 2. The van der Waals surface area contributed by atoms with E-state index in [0.717, 1.165) is 5.56 Å². The van der Waals surface area contributed by atoms with Crippen LogP contribution in [0.15, 0.2) is 30.3 Å². The van der Waals surface area contributed by atoms with E-state index in [4.69, 9.17) is 5.90 Å². The van der Waals surface area contributed by atoms with Crippen molar-refractivity contribution in [3.05, 3.63) is 35.9 Å². The summed E-state index contributed by atoms with van der Waals surface area (Å²) < 4.78 is 0. The molecule has 1 aromatic rings. The lowest BCUT2D eigenvalue weighted by Crippen LogP contribution is -2.04. The van der Waals surface area contributed by atoms with Gasteiger partial charge in [0.05, 0.1) is 0 Å². The molecule has 0 bridgehead atoms. The van der Waals surface area contributed by atoms with Crippen molar-refractivity contribution in [2.45, 2.75) is 13.0 Å². The lowest BCUT2D eigenvalue weighted by Gasteiger charge is -2.06. The molecule has 1 aromatic carbocycles. The highest BCUT2D eigenvalue weighted by Crippen LogP contribution is 2.12. The van der Waals surface area contributed by atoms with Gasteiger partial charge in [0, 0.05) is 0 Å². The fourth-order valence-corrected chi connectivity index (χ4v) is 0.803. The van der Waals surface area contributed by atoms with Crippen LogP contribution in [0.5, 0.6) is 0 Å². The summed E-state index contributed by atoms with van der Waals surface area (Å²) in [5.74, 6) is 5.00. The van der Waals surface area contributed by atoms with Gasteiger partial charge in [0.2, 0.25) is 0 Å². The summed E-state index contributed by atoms with van der Waals surface area (Å²) in [5.41, 5.74) is 1.10. The third-order valence-electron chi connectivity index (χ3n) is 1.47. The van der Waals surface area contributed by atoms with Gasteiger partial charge in [-0.3, -0.25) is 4.84 Å². The van der Waals surface area contributed by atoms with Crippen LogP contribution in [-0.4, -0.2) is 0 Å². The van der Waals surface area contributed by atoms with Crippen molar-refractivity contribution in [3.8, 4) is 0 Å². The second kappa shape index (κ2) is 3.34. The monoisotopic (exact) mass is 137 g/mol. The van der Waals surface area contributed by atoms with Gasteiger partial charge in [0.15, 0.2) is 0 Å². The molecule has 0 aliphatic heterocycles. The molecule has 0 radical (unpaired) electrons. The molecule has 1 atom stereocenters. The Labute approximate surface area is 60.6 Å². The molecule has 0 saturated carbocycles. The Morgan fingerprint density at radius 2 is 1.90 bits per heavy atom. The molecule has 0 aromatic heterocycles. The van der Waals surface area contributed by atoms with E-state index in [1.54, 1.807) is 0 Å². The van der Waals surface area contributed by atoms with E-state index in [-0.39, 0.29) is 6.10 Å². The summed E-state index contributed by atoms with van der Waals surface area (Å²) >= 11 is 0. The summed E-state index contributed by atoms with van der Waals surface area (Å²) in [6.07, 6.45) is -0.0128. The molecule has 2 nitrogen and oxygen atoms in total. The number of benzene rings is 1. The molecule has 0 fully saturated rings. The van der Waals surface area contributed by atoms with Crippen LogP contribution in [0.4, 0.5) is 0 Å². The molecule has 54 valence electrons. The van der Waals surface area contributed by atoms with Crippen molar-refractivity contribution in [3.63, 3.8) is 0 Å². The zero-order valence-corrected chi connectivity index (χ0v) is 5.95. The van der Waals surface area contributed by atoms with E-state index in [2.05, 4.69) is 4.84 Å². The van der Waals surface area contributed by atoms with Gasteiger partial charge in [-0.05, 0) is 12.5 Å². The predicted molar refractivity (Wildman–Crippen MR) is 40.1 cm³/mol. The maximum Gasteiger partial charge on any atom is 0.101 e. The Balaban J connectivity index is 2.75. The van der Waals surface area contributed by atoms with Gasteiger partial charge in [-0.15, -0.1) is 0 Å². The standard InChI is InChI=1S/C8H11NO/c1-7(10-9)8-5-3-2-4-6-8/h2-7H,9H2,1H3. The molecule has 0 heterocycles. The van der Waals surface area contributed by atoms with Gasteiger partial charge in [-0.2, -0.15) is 0 Å². The van der Waals surface area contributed by atoms with E-state index in [1.165, 1.54) is 0 Å². The summed E-state index contributed by atoms with van der Waals surface area (Å²) in [6.45, 7) is 1.91. The second-order valence-corrected chi connectivity index (χ2v) is 2.19. The van der Waals surface area contributed by atoms with Gasteiger partial charge in [0.25, 0.3) is 0 Å². The lowest BCUT2D eigenvalue weighted by atomic mass is 10.1. The molecule has 0 aliphatic rings. The Hall–Kier alpha value is -0.860. The van der Waals surface area contributed by atoms with E-state index in [0.29, 0.717) is 0 Å². The minimum atomic E-state index is -0.0128. The van der Waals surface area contributed by atoms with Crippen LogP contribution in [-0.2, 0) is 4.84 Å². The van der Waals surface area contributed by atoms with Gasteiger partial charge < -0.3 is 0 Å². The van der Waals surface area contributed by atoms with Crippen LogP contribution in [0.3, 0.4) is 0 Å². The molecular weight excluding hydrogens is 126 g/mol. The SMILES string of the molecule is CC(ON)c1ccccc1. The highest BCUT2D eigenvalue weighted by atomic mass is 16.6. The minimum Gasteiger partial charge on any atom is -0.297 e. The second-order valence-electron chi connectivity index (χ2n) is 2.19. The van der Waals surface area contributed by atoms with Gasteiger partial charge in [-0.1, -0.05) is 30.3 Å². The van der Waals surface area contributed by atoms with E-state index >= 15 is 0 Å². The zero-order valence-electron chi connectivity index (χ0n) is 5.95. The molecule has 2 heteroatoms. The van der Waals surface area contributed by atoms with Crippen molar-refractivity contribution in [1.82, 2.24) is 0 Å². The van der Waals surface area contributed by atoms with Crippen LogP contribution < -0.4 is 5.90 Å². The van der Waals surface area contributed by atoms with E-state index in [1.807, 2.05) is 37.3 Å². The van der Waals surface area contributed by atoms with Gasteiger partial charge in [0.1, 0.15) is 6.10 Å². The van der Waals surface area contributed by atoms with Crippen LogP contribution >= 0.6 is 0 Å². The first-order valence-corrected chi connectivity index (χ1v) is 3.25. The number of nitrogens with two attached hydrogens (primary N) is 1.